The monoisotopic (exact) mass is 459 g/mol. The van der Waals surface area contributed by atoms with Crippen LogP contribution in [0.1, 0.15) is 16.1 Å². The zero-order valence-electron chi connectivity index (χ0n) is 16.0. The number of carbonyl (C=O) groups excluding carboxylic acids is 1. The summed E-state index contributed by atoms with van der Waals surface area (Å²) in [5.74, 6) is -2.89. The molecular formula is C20H15F2N5O2S2. The van der Waals surface area contributed by atoms with Crippen molar-refractivity contribution in [2.75, 3.05) is 5.32 Å². The molecule has 1 amide bonds. The van der Waals surface area contributed by atoms with Crippen molar-refractivity contribution in [3.05, 3.63) is 75.5 Å². The Hall–Kier alpha value is -3.31. The lowest BCUT2D eigenvalue weighted by molar-refractivity contribution is 0.102. The standard InChI is InChI=1S/C20H15F2N5O2S2/c1-11-9-17(28)25-20(23-11)27-16(10-13(26-27)15-7-4-8-30-15)24-18(29)12-5-2-3-6-14(12)31-19(21)22/h2-10,19H,1H3,(H,24,29)(H,23,25,28). The minimum atomic E-state index is -2.66. The number of carbonyl (C=O) groups is 1. The maximum absolute atomic E-state index is 12.9. The largest absolute Gasteiger partial charge is 0.306 e. The Morgan fingerprint density at radius 2 is 2.03 bits per heavy atom. The molecule has 0 saturated heterocycles. The highest BCUT2D eigenvalue weighted by Gasteiger charge is 2.20. The summed E-state index contributed by atoms with van der Waals surface area (Å²) >= 11 is 1.75. The first kappa shape index (κ1) is 20.9. The van der Waals surface area contributed by atoms with E-state index in [0.29, 0.717) is 23.1 Å². The molecule has 0 aliphatic rings. The van der Waals surface area contributed by atoms with Crippen LogP contribution in [0.5, 0.6) is 0 Å². The number of thioether (sulfide) groups is 1. The number of halogens is 2. The van der Waals surface area contributed by atoms with E-state index in [-0.39, 0.29) is 27.8 Å². The molecule has 0 radical (unpaired) electrons. The number of aromatic amines is 1. The van der Waals surface area contributed by atoms with Gasteiger partial charge in [-0.3, -0.25) is 14.6 Å². The van der Waals surface area contributed by atoms with Gasteiger partial charge < -0.3 is 5.32 Å². The first-order chi connectivity index (χ1) is 14.9. The van der Waals surface area contributed by atoms with E-state index in [2.05, 4.69) is 20.4 Å². The van der Waals surface area contributed by atoms with Gasteiger partial charge in [0.1, 0.15) is 11.5 Å². The number of thiophene rings is 1. The molecule has 31 heavy (non-hydrogen) atoms. The molecule has 0 atom stereocenters. The Morgan fingerprint density at radius 3 is 2.74 bits per heavy atom. The molecular weight excluding hydrogens is 444 g/mol. The zero-order valence-corrected chi connectivity index (χ0v) is 17.6. The lowest BCUT2D eigenvalue weighted by Gasteiger charge is -2.11. The van der Waals surface area contributed by atoms with Crippen molar-refractivity contribution in [3.8, 4) is 16.5 Å². The topological polar surface area (TPSA) is 92.7 Å². The van der Waals surface area contributed by atoms with Crippen molar-refractivity contribution in [1.29, 1.82) is 0 Å². The Labute approximate surface area is 183 Å². The number of amides is 1. The maximum atomic E-state index is 12.9. The van der Waals surface area contributed by atoms with Crippen LogP contribution in [0.15, 0.2) is 63.6 Å². The minimum absolute atomic E-state index is 0.101. The number of aromatic nitrogens is 4. The summed E-state index contributed by atoms with van der Waals surface area (Å²) in [6.45, 7) is 1.67. The summed E-state index contributed by atoms with van der Waals surface area (Å²) in [5, 5.41) is 9.07. The van der Waals surface area contributed by atoms with Gasteiger partial charge in [0, 0.05) is 22.7 Å². The molecule has 158 valence electrons. The first-order valence-electron chi connectivity index (χ1n) is 8.98. The van der Waals surface area contributed by atoms with E-state index in [9.17, 15) is 18.4 Å². The highest BCUT2D eigenvalue weighted by atomic mass is 32.2. The molecule has 4 aromatic rings. The number of nitrogens with one attached hydrogen (secondary N) is 2. The molecule has 0 aliphatic heterocycles. The third kappa shape index (κ3) is 4.72. The zero-order chi connectivity index (χ0) is 22.0. The van der Waals surface area contributed by atoms with Crippen molar-refractivity contribution in [2.45, 2.75) is 17.6 Å². The number of hydrogen-bond acceptors (Lipinski definition) is 6. The minimum Gasteiger partial charge on any atom is -0.306 e. The van der Waals surface area contributed by atoms with Crippen LogP contribution in [0.4, 0.5) is 14.6 Å². The van der Waals surface area contributed by atoms with E-state index in [1.54, 1.807) is 25.1 Å². The number of rotatable bonds is 6. The van der Waals surface area contributed by atoms with Gasteiger partial charge in [-0.1, -0.05) is 30.0 Å². The third-order valence-corrected chi connectivity index (χ3v) is 5.81. The fourth-order valence-corrected chi connectivity index (χ4v) is 4.19. The summed E-state index contributed by atoms with van der Waals surface area (Å²) in [7, 11) is 0. The van der Waals surface area contributed by atoms with Crippen molar-refractivity contribution < 1.29 is 13.6 Å². The Bertz CT molecular complexity index is 1280. The molecule has 1 aromatic carbocycles. The number of H-pyrrole nitrogens is 1. The highest BCUT2D eigenvalue weighted by molar-refractivity contribution is 7.99. The molecule has 0 aliphatic carbocycles. The van der Waals surface area contributed by atoms with E-state index in [4.69, 9.17) is 0 Å². The SMILES string of the molecule is Cc1cc(=O)[nH]c(-n2nc(-c3cccs3)cc2NC(=O)c2ccccc2SC(F)F)n1. The molecule has 0 unspecified atom stereocenters. The molecule has 11 heteroatoms. The second kappa shape index (κ2) is 8.82. The summed E-state index contributed by atoms with van der Waals surface area (Å²) < 4.78 is 27.1. The first-order valence-corrected chi connectivity index (χ1v) is 10.7. The van der Waals surface area contributed by atoms with E-state index >= 15 is 0 Å². The van der Waals surface area contributed by atoms with Crippen LogP contribution in [0.2, 0.25) is 0 Å². The van der Waals surface area contributed by atoms with Crippen LogP contribution in [-0.2, 0) is 0 Å². The number of alkyl halides is 2. The molecule has 4 rings (SSSR count). The van der Waals surface area contributed by atoms with Crippen LogP contribution >= 0.6 is 23.1 Å². The molecule has 0 saturated carbocycles. The second-order valence-corrected chi connectivity index (χ2v) is 8.32. The molecule has 0 bridgehead atoms. The number of anilines is 1. The predicted molar refractivity (Wildman–Crippen MR) is 116 cm³/mol. The van der Waals surface area contributed by atoms with E-state index in [1.807, 2.05) is 17.5 Å². The van der Waals surface area contributed by atoms with Crippen LogP contribution in [0.3, 0.4) is 0 Å². The summed E-state index contributed by atoms with van der Waals surface area (Å²) in [4.78, 5) is 32.7. The van der Waals surface area contributed by atoms with E-state index in [1.165, 1.54) is 34.2 Å². The second-order valence-electron chi connectivity index (χ2n) is 6.34. The van der Waals surface area contributed by atoms with Crippen molar-refractivity contribution in [2.24, 2.45) is 0 Å². The number of nitrogens with zero attached hydrogens (tertiary/aromatic N) is 3. The van der Waals surface area contributed by atoms with Crippen LogP contribution in [-0.4, -0.2) is 31.4 Å². The fraction of sp³-hybridized carbons (Fsp3) is 0.100. The number of aryl methyl sites for hydroxylation is 1. The van der Waals surface area contributed by atoms with Gasteiger partial charge >= 0.3 is 0 Å². The van der Waals surface area contributed by atoms with Crippen molar-refractivity contribution >= 4 is 34.8 Å². The Kier molecular flexibility index (Phi) is 5.96. The fourth-order valence-electron chi connectivity index (χ4n) is 2.88. The number of benzene rings is 1. The molecule has 3 aromatic heterocycles. The van der Waals surface area contributed by atoms with Crippen LogP contribution in [0, 0.1) is 6.92 Å². The average molecular weight is 460 g/mol. The van der Waals surface area contributed by atoms with E-state index < -0.39 is 11.7 Å². The third-order valence-electron chi connectivity index (χ3n) is 4.13. The van der Waals surface area contributed by atoms with Crippen LogP contribution < -0.4 is 10.9 Å². The maximum Gasteiger partial charge on any atom is 0.288 e. The van der Waals surface area contributed by atoms with Gasteiger partial charge in [-0.05, 0) is 30.5 Å². The Morgan fingerprint density at radius 1 is 1.23 bits per heavy atom. The summed E-state index contributed by atoms with van der Waals surface area (Å²) in [6, 6.07) is 12.8. The summed E-state index contributed by atoms with van der Waals surface area (Å²) in [5.41, 5.74) is 0.767. The average Bonchev–Trinajstić information content (AvgIpc) is 3.37. The normalized spacial score (nSPS) is 11.1. The van der Waals surface area contributed by atoms with Gasteiger partial charge in [-0.15, -0.1) is 11.3 Å². The quantitative estimate of drug-likeness (QED) is 0.413. The summed E-state index contributed by atoms with van der Waals surface area (Å²) in [6.07, 6.45) is 0. The van der Waals surface area contributed by atoms with Gasteiger partial charge in [-0.25, -0.2) is 4.98 Å². The van der Waals surface area contributed by atoms with Gasteiger partial charge in [-0.2, -0.15) is 18.6 Å². The van der Waals surface area contributed by atoms with Gasteiger partial charge in [0.25, 0.3) is 17.2 Å². The molecule has 2 N–H and O–H groups in total. The molecule has 0 spiro atoms. The van der Waals surface area contributed by atoms with Gasteiger partial charge in [0.05, 0.1) is 10.4 Å². The van der Waals surface area contributed by atoms with Gasteiger partial charge in [0.15, 0.2) is 0 Å². The van der Waals surface area contributed by atoms with Gasteiger partial charge in [0.2, 0.25) is 5.95 Å². The van der Waals surface area contributed by atoms with Crippen molar-refractivity contribution in [3.63, 3.8) is 0 Å². The molecule has 0 fully saturated rings. The number of hydrogen-bond donors (Lipinski definition) is 2. The lowest BCUT2D eigenvalue weighted by Crippen LogP contribution is -2.19. The van der Waals surface area contributed by atoms with E-state index in [0.717, 1.165) is 4.88 Å². The smallest absolute Gasteiger partial charge is 0.288 e. The molecule has 7 nitrogen and oxygen atoms in total. The predicted octanol–water partition coefficient (Wildman–Crippen LogP) is 4.56. The van der Waals surface area contributed by atoms with Crippen LogP contribution in [0.25, 0.3) is 16.5 Å². The van der Waals surface area contributed by atoms with Crippen molar-refractivity contribution in [1.82, 2.24) is 19.7 Å². The highest BCUT2D eigenvalue weighted by Crippen LogP contribution is 2.30. The Balaban J connectivity index is 1.76. The lowest BCUT2D eigenvalue weighted by atomic mass is 10.2. The molecule has 3 heterocycles.